The topological polar surface area (TPSA) is 67.4 Å². The molecule has 18 heavy (non-hydrogen) atoms. The Labute approximate surface area is 106 Å². The summed E-state index contributed by atoms with van der Waals surface area (Å²) in [6.45, 7) is 3.65. The van der Waals surface area contributed by atoms with E-state index in [1.165, 1.54) is 0 Å². The van der Waals surface area contributed by atoms with Crippen LogP contribution in [0.4, 0.5) is 0 Å². The van der Waals surface area contributed by atoms with Crippen LogP contribution in [0.1, 0.15) is 5.56 Å². The number of carbonyl (C=O) groups is 2. The molecule has 1 rings (SSSR count). The van der Waals surface area contributed by atoms with Crippen molar-refractivity contribution in [1.29, 1.82) is 0 Å². The molecule has 2 N–H and O–H groups in total. The zero-order valence-corrected chi connectivity index (χ0v) is 10.2. The average molecular weight is 248 g/mol. The normalized spacial score (nSPS) is 9.39. The number of methoxy groups -OCH3 is 1. The van der Waals surface area contributed by atoms with Gasteiger partial charge in [0.25, 0.3) is 0 Å². The van der Waals surface area contributed by atoms with Gasteiger partial charge in [0.15, 0.2) is 0 Å². The number of hydrogen-bond donors (Lipinski definition) is 2. The van der Waals surface area contributed by atoms with Gasteiger partial charge in [0, 0.05) is 6.54 Å². The monoisotopic (exact) mass is 248 g/mol. The fourth-order valence-electron chi connectivity index (χ4n) is 1.25. The number of nitrogens with one attached hydrogen (secondary N) is 2. The summed E-state index contributed by atoms with van der Waals surface area (Å²) >= 11 is 0. The van der Waals surface area contributed by atoms with Crippen molar-refractivity contribution < 1.29 is 14.3 Å². The van der Waals surface area contributed by atoms with E-state index < -0.39 is 0 Å². The molecule has 0 unspecified atom stereocenters. The molecule has 96 valence electrons. The number of hydrogen-bond acceptors (Lipinski definition) is 3. The highest BCUT2D eigenvalue weighted by atomic mass is 16.5. The van der Waals surface area contributed by atoms with Crippen LogP contribution >= 0.6 is 0 Å². The summed E-state index contributed by atoms with van der Waals surface area (Å²) in [5.74, 6) is 0.152. The van der Waals surface area contributed by atoms with Gasteiger partial charge in [-0.05, 0) is 23.8 Å². The quantitative estimate of drug-likeness (QED) is 0.725. The predicted molar refractivity (Wildman–Crippen MR) is 68.0 cm³/mol. The second kappa shape index (κ2) is 7.11. The lowest BCUT2D eigenvalue weighted by molar-refractivity contribution is -0.124. The molecule has 0 saturated heterocycles. The zero-order chi connectivity index (χ0) is 13.4. The minimum atomic E-state index is -0.366. The van der Waals surface area contributed by atoms with Gasteiger partial charge in [-0.15, -0.1) is 0 Å². The molecule has 2 amide bonds. The maximum absolute atomic E-state index is 11.4. The first-order valence-corrected chi connectivity index (χ1v) is 5.45. The van der Waals surface area contributed by atoms with Gasteiger partial charge in [-0.25, -0.2) is 0 Å². The number of benzene rings is 1. The fourth-order valence-corrected chi connectivity index (χ4v) is 1.25. The molecule has 1 aromatic rings. The van der Waals surface area contributed by atoms with Gasteiger partial charge in [-0.1, -0.05) is 18.7 Å². The number of rotatable bonds is 6. The summed E-state index contributed by atoms with van der Waals surface area (Å²) in [6, 6.07) is 7.37. The Kier molecular flexibility index (Phi) is 5.44. The maximum Gasteiger partial charge on any atom is 0.243 e. The van der Waals surface area contributed by atoms with Crippen LogP contribution in [0.25, 0.3) is 0 Å². The summed E-state index contributed by atoms with van der Waals surface area (Å²) in [7, 11) is 1.60. The van der Waals surface area contributed by atoms with Gasteiger partial charge in [0.2, 0.25) is 11.8 Å². The molecule has 0 aliphatic heterocycles. The Bertz CT molecular complexity index is 426. The predicted octanol–water partition coefficient (Wildman–Crippen LogP) is 0.614. The summed E-state index contributed by atoms with van der Waals surface area (Å²) in [6.07, 6.45) is 1.12. The van der Waals surface area contributed by atoms with Crippen LogP contribution in [0, 0.1) is 0 Å². The van der Waals surface area contributed by atoms with E-state index in [9.17, 15) is 9.59 Å². The highest BCUT2D eigenvalue weighted by Crippen LogP contribution is 2.10. The SMILES string of the molecule is C=CC(=O)NCC(=O)NCc1ccc(OC)cc1. The van der Waals surface area contributed by atoms with Gasteiger partial charge in [0.1, 0.15) is 5.75 Å². The minimum absolute atomic E-state index is 0.0546. The van der Waals surface area contributed by atoms with Gasteiger partial charge < -0.3 is 15.4 Å². The van der Waals surface area contributed by atoms with E-state index in [4.69, 9.17) is 4.74 Å². The molecular formula is C13H16N2O3. The van der Waals surface area contributed by atoms with Crippen molar-refractivity contribution in [1.82, 2.24) is 10.6 Å². The Morgan fingerprint density at radius 1 is 1.28 bits per heavy atom. The summed E-state index contributed by atoms with van der Waals surface area (Å²) in [4.78, 5) is 22.2. The van der Waals surface area contributed by atoms with Gasteiger partial charge in [0.05, 0.1) is 13.7 Å². The highest BCUT2D eigenvalue weighted by molar-refractivity contribution is 5.90. The van der Waals surface area contributed by atoms with E-state index in [2.05, 4.69) is 17.2 Å². The summed E-state index contributed by atoms with van der Waals surface area (Å²) in [5, 5.41) is 5.08. The molecule has 5 nitrogen and oxygen atoms in total. The number of ether oxygens (including phenoxy) is 1. The third-order valence-corrected chi connectivity index (χ3v) is 2.26. The lowest BCUT2D eigenvalue weighted by Gasteiger charge is -2.06. The van der Waals surface area contributed by atoms with Crippen molar-refractivity contribution in [2.75, 3.05) is 13.7 Å². The van der Waals surface area contributed by atoms with Crippen molar-refractivity contribution in [3.8, 4) is 5.75 Å². The molecule has 5 heteroatoms. The maximum atomic E-state index is 11.4. The van der Waals surface area contributed by atoms with Crippen molar-refractivity contribution in [3.05, 3.63) is 42.5 Å². The van der Waals surface area contributed by atoms with Crippen LogP contribution in [-0.2, 0) is 16.1 Å². The molecule has 0 bridgehead atoms. The highest BCUT2D eigenvalue weighted by Gasteiger charge is 2.02. The molecular weight excluding hydrogens is 232 g/mol. The average Bonchev–Trinajstić information content (AvgIpc) is 2.42. The van der Waals surface area contributed by atoms with Crippen LogP contribution in [0.3, 0.4) is 0 Å². The van der Waals surface area contributed by atoms with E-state index in [1.54, 1.807) is 7.11 Å². The van der Waals surface area contributed by atoms with Crippen molar-refractivity contribution in [2.24, 2.45) is 0 Å². The molecule has 1 aromatic carbocycles. The number of carbonyl (C=O) groups excluding carboxylic acids is 2. The summed E-state index contributed by atoms with van der Waals surface area (Å²) < 4.78 is 5.03. The molecule has 0 atom stereocenters. The Balaban J connectivity index is 2.33. The molecule has 0 aliphatic carbocycles. The van der Waals surface area contributed by atoms with Crippen LogP contribution < -0.4 is 15.4 Å². The largest absolute Gasteiger partial charge is 0.497 e. The van der Waals surface area contributed by atoms with Crippen molar-refractivity contribution in [3.63, 3.8) is 0 Å². The van der Waals surface area contributed by atoms with E-state index in [0.717, 1.165) is 17.4 Å². The Hall–Kier alpha value is -2.30. The summed E-state index contributed by atoms with van der Waals surface area (Å²) in [5.41, 5.74) is 0.958. The van der Waals surface area contributed by atoms with Crippen molar-refractivity contribution >= 4 is 11.8 Å². The molecule has 0 aromatic heterocycles. The number of amides is 2. The first-order chi connectivity index (χ1) is 8.65. The van der Waals surface area contributed by atoms with Crippen LogP contribution in [0.5, 0.6) is 5.75 Å². The molecule has 0 aliphatic rings. The third kappa shape index (κ3) is 4.69. The van der Waals surface area contributed by atoms with E-state index in [-0.39, 0.29) is 18.4 Å². The molecule has 0 saturated carbocycles. The smallest absolute Gasteiger partial charge is 0.243 e. The van der Waals surface area contributed by atoms with Crippen LogP contribution in [-0.4, -0.2) is 25.5 Å². The van der Waals surface area contributed by atoms with Gasteiger partial charge in [-0.3, -0.25) is 9.59 Å². The van der Waals surface area contributed by atoms with Crippen LogP contribution in [0.15, 0.2) is 36.9 Å². The second-order valence-corrected chi connectivity index (χ2v) is 3.55. The standard InChI is InChI=1S/C13H16N2O3/c1-3-12(16)15-9-13(17)14-8-10-4-6-11(18-2)7-5-10/h3-7H,1,8-9H2,2H3,(H,14,17)(H,15,16). The Morgan fingerprint density at radius 3 is 2.50 bits per heavy atom. The zero-order valence-electron chi connectivity index (χ0n) is 10.2. The van der Waals surface area contributed by atoms with E-state index in [1.807, 2.05) is 24.3 Å². The van der Waals surface area contributed by atoms with Crippen molar-refractivity contribution in [2.45, 2.75) is 6.54 Å². The molecule has 0 radical (unpaired) electrons. The lowest BCUT2D eigenvalue weighted by atomic mass is 10.2. The van der Waals surface area contributed by atoms with Gasteiger partial charge >= 0.3 is 0 Å². The van der Waals surface area contributed by atoms with Gasteiger partial charge in [-0.2, -0.15) is 0 Å². The van der Waals surface area contributed by atoms with Crippen LogP contribution in [0.2, 0.25) is 0 Å². The Morgan fingerprint density at radius 2 is 1.94 bits per heavy atom. The molecule has 0 fully saturated rings. The van der Waals surface area contributed by atoms with E-state index >= 15 is 0 Å². The lowest BCUT2D eigenvalue weighted by Crippen LogP contribution is -2.35. The minimum Gasteiger partial charge on any atom is -0.497 e. The molecule has 0 heterocycles. The van der Waals surface area contributed by atoms with E-state index in [0.29, 0.717) is 6.54 Å². The first kappa shape index (κ1) is 13.8. The third-order valence-electron chi connectivity index (χ3n) is 2.26. The first-order valence-electron chi connectivity index (χ1n) is 5.45. The fraction of sp³-hybridized carbons (Fsp3) is 0.231. The second-order valence-electron chi connectivity index (χ2n) is 3.55. The molecule has 0 spiro atoms.